The van der Waals surface area contributed by atoms with Crippen LogP contribution >= 0.6 is 0 Å². The molecule has 0 nitrogen and oxygen atoms in total. The van der Waals surface area contributed by atoms with E-state index in [-0.39, 0.29) is 93.1 Å². The second kappa shape index (κ2) is 21.3. The first-order valence-corrected chi connectivity index (χ1v) is 29.4. The predicted octanol–water partition coefficient (Wildman–Crippen LogP) is 24.9. The van der Waals surface area contributed by atoms with Crippen molar-refractivity contribution in [1.82, 2.24) is 0 Å². The van der Waals surface area contributed by atoms with Gasteiger partial charge >= 0.3 is 0 Å². The lowest BCUT2D eigenvalue weighted by Crippen LogP contribution is -1.91. The summed E-state index contributed by atoms with van der Waals surface area (Å²) in [6.07, 6.45) is 0. The topological polar surface area (TPSA) is 0 Å². The van der Waals surface area contributed by atoms with E-state index in [4.69, 9.17) is 16.4 Å². The summed E-state index contributed by atoms with van der Waals surface area (Å²) in [6, 6.07) is 82.2. The highest BCUT2D eigenvalue weighted by Gasteiger charge is 2.21. The average molecular weight is 1130 g/mol. The molecule has 0 bridgehead atoms. The molecule has 0 heteroatoms. The predicted molar refractivity (Wildman–Crippen MR) is 381 cm³/mol. The molecule has 88 heavy (non-hydrogen) atoms. The molecule has 0 unspecified atom stereocenters. The third kappa shape index (κ3) is 8.68. The fourth-order valence-electron chi connectivity index (χ4n) is 13.4. The molecule has 0 atom stereocenters. The summed E-state index contributed by atoms with van der Waals surface area (Å²) in [5, 5.41) is 16.1. The molecule has 0 aliphatic rings. The number of hydrogen-bond donors (Lipinski definition) is 0. The summed E-state index contributed by atoms with van der Waals surface area (Å²) in [4.78, 5) is 0. The fraction of sp³-hybridized carbons (Fsp3) is 0. The molecule has 0 fully saturated rings. The lowest BCUT2D eigenvalue weighted by Gasteiger charge is -2.19. The van der Waals surface area contributed by atoms with Gasteiger partial charge in [0.1, 0.15) is 0 Å². The van der Waals surface area contributed by atoms with Crippen LogP contribution in [-0.2, 0) is 0 Å². The first-order chi connectivity index (χ1) is 49.5. The third-order valence-corrected chi connectivity index (χ3v) is 17.4. The molecule has 0 amide bonds. The number of rotatable bonds is 6. The van der Waals surface area contributed by atoms with E-state index < -0.39 is 24.2 Å². The number of hydrogen-bond acceptors (Lipinski definition) is 0. The Morgan fingerprint density at radius 1 is 0.159 bits per heavy atom. The Morgan fingerprint density at radius 2 is 0.477 bits per heavy atom. The van der Waals surface area contributed by atoms with Gasteiger partial charge in [-0.05, 0) is 205 Å². The van der Waals surface area contributed by atoms with Crippen LogP contribution in [0.25, 0.3) is 174 Å². The van der Waals surface area contributed by atoms with Gasteiger partial charge in [-0.2, -0.15) is 0 Å². The molecule has 18 rings (SSSR count). The SMILES string of the molecule is [2H]c1c([2H])c([2H])c2c(-c3c4ccccc4c(-c4ccc5ccc(-c6ccc7ccccc7c6)cc5c4)c4ccccc34)c([2H])c([2H])c([2H])c2c1[2H].[2H]c1c([2H])c([2H])c2c(-c3c4ccccc4c(-c4ccc5ccc(-c6cccc7ccccc67)cc5c4)c4ccccc34)c([2H])c([2H])c([2H])c2c1[2H]. The van der Waals surface area contributed by atoms with Crippen molar-refractivity contribution in [3.63, 3.8) is 0 Å². The molecule has 0 saturated carbocycles. The molecule has 0 spiro atoms. The highest BCUT2D eigenvalue weighted by atomic mass is 14.2. The van der Waals surface area contributed by atoms with E-state index >= 15 is 0 Å². The lowest BCUT2D eigenvalue weighted by atomic mass is 9.84. The second-order valence-electron chi connectivity index (χ2n) is 22.3. The Bertz CT molecular complexity index is 6560. The quantitative estimate of drug-likeness (QED) is 0.146. The summed E-state index contributed by atoms with van der Waals surface area (Å²) in [5.74, 6) is 0. The third-order valence-electron chi connectivity index (χ3n) is 17.4. The first-order valence-electron chi connectivity index (χ1n) is 36.4. The summed E-state index contributed by atoms with van der Waals surface area (Å²) in [7, 11) is 0. The van der Waals surface area contributed by atoms with Crippen molar-refractivity contribution >= 4 is 108 Å². The average Bonchev–Trinajstić information content (AvgIpc) is 0.714. The minimum absolute atomic E-state index is 0.0500. The molecule has 0 heterocycles. The van der Waals surface area contributed by atoms with Gasteiger partial charge in [-0.3, -0.25) is 0 Å². The van der Waals surface area contributed by atoms with Crippen LogP contribution in [-0.4, -0.2) is 0 Å². The maximum absolute atomic E-state index is 9.19. The minimum Gasteiger partial charge on any atom is -0.0616 e. The number of benzene rings is 18. The van der Waals surface area contributed by atoms with Crippen LogP contribution in [0.3, 0.4) is 0 Å². The van der Waals surface area contributed by atoms with Crippen molar-refractivity contribution < 1.29 is 19.2 Å². The largest absolute Gasteiger partial charge is 0.0629 e. The van der Waals surface area contributed by atoms with Gasteiger partial charge in [0.15, 0.2) is 0 Å². The van der Waals surface area contributed by atoms with E-state index in [9.17, 15) is 2.74 Å². The van der Waals surface area contributed by atoms with Crippen LogP contribution in [0.2, 0.25) is 0 Å². The number of fused-ring (bicyclic) bond motifs is 10. The molecule has 18 aromatic carbocycles. The highest BCUT2D eigenvalue weighted by Crippen LogP contribution is 2.48. The molecular formula is C88H56. The Morgan fingerprint density at radius 3 is 0.955 bits per heavy atom. The van der Waals surface area contributed by atoms with Crippen LogP contribution in [0.15, 0.2) is 339 Å². The van der Waals surface area contributed by atoms with E-state index in [0.29, 0.717) is 11.1 Å². The van der Waals surface area contributed by atoms with E-state index in [1.807, 2.05) is 97.1 Å². The van der Waals surface area contributed by atoms with Gasteiger partial charge in [-0.25, -0.2) is 0 Å². The van der Waals surface area contributed by atoms with E-state index in [2.05, 4.69) is 158 Å². The summed E-state index contributed by atoms with van der Waals surface area (Å²) >= 11 is 0. The minimum atomic E-state index is -0.464. The summed E-state index contributed by atoms with van der Waals surface area (Å²) in [5.41, 5.74) is 10.3. The van der Waals surface area contributed by atoms with E-state index in [1.165, 1.54) is 27.1 Å². The molecule has 0 aliphatic heterocycles. The Labute approximate surface area is 530 Å². The van der Waals surface area contributed by atoms with Crippen molar-refractivity contribution in [2.75, 3.05) is 0 Å². The van der Waals surface area contributed by atoms with Gasteiger partial charge in [0, 0.05) is 0 Å². The van der Waals surface area contributed by atoms with Gasteiger partial charge in [0.25, 0.3) is 0 Å². The van der Waals surface area contributed by atoms with Gasteiger partial charge < -0.3 is 0 Å². The van der Waals surface area contributed by atoms with Crippen LogP contribution in [0.5, 0.6) is 0 Å². The zero-order chi connectivity index (χ0) is 70.3. The molecule has 0 radical (unpaired) electrons. The van der Waals surface area contributed by atoms with Crippen molar-refractivity contribution in [2.45, 2.75) is 0 Å². The Kier molecular flexibility index (Phi) is 9.30. The van der Waals surface area contributed by atoms with Crippen LogP contribution in [0.1, 0.15) is 19.2 Å². The van der Waals surface area contributed by atoms with Gasteiger partial charge in [0.2, 0.25) is 0 Å². The Hall–Kier alpha value is -11.4. The standard InChI is InChI=1S/2C44H28/c1-3-15-35-30(11-1)13-9-21-37(35)32-25-23-29-24-26-33(28-34(29)27-32)43-39-17-5-7-19-41(39)44(42-20-8-6-18-40(42)43)38-22-10-14-31-12-2-4-16-36(31)38;1-2-12-32-26-33(23-20-29(32)10-1)34-24-21-30-22-25-35(28-36(30)27-34)43-39-15-5-7-17-41(39)44(42-18-8-6-16-40(42)43)38-19-9-13-31-11-3-4-14-37(31)38/h2*1-28H/i2D,4D,10D,12D,14D,16D,22D;3D,4D,9D,11D,13D,14D,19D. The molecule has 0 aliphatic carbocycles. The molecule has 0 N–H and O–H groups in total. The van der Waals surface area contributed by atoms with Gasteiger partial charge in [-0.1, -0.05) is 309 Å². The van der Waals surface area contributed by atoms with Gasteiger partial charge in [-0.15, -0.1) is 0 Å². The molecule has 0 aromatic heterocycles. The second-order valence-corrected chi connectivity index (χ2v) is 22.3. The maximum Gasteiger partial charge on any atom is 0.0629 e. The van der Waals surface area contributed by atoms with Crippen molar-refractivity contribution in [3.05, 3.63) is 339 Å². The van der Waals surface area contributed by atoms with Crippen LogP contribution < -0.4 is 0 Å². The smallest absolute Gasteiger partial charge is 0.0616 e. The zero-order valence-electron chi connectivity index (χ0n) is 61.2. The van der Waals surface area contributed by atoms with E-state index in [1.54, 1.807) is 0 Å². The van der Waals surface area contributed by atoms with Gasteiger partial charge in [0.05, 0.1) is 19.2 Å². The zero-order valence-corrected chi connectivity index (χ0v) is 47.2. The molecule has 18 aromatic rings. The summed E-state index contributed by atoms with van der Waals surface area (Å²) in [6.45, 7) is 0. The van der Waals surface area contributed by atoms with Crippen molar-refractivity contribution in [2.24, 2.45) is 0 Å². The van der Waals surface area contributed by atoms with Crippen LogP contribution in [0, 0.1) is 0 Å². The molecule has 408 valence electrons. The van der Waals surface area contributed by atoms with Crippen molar-refractivity contribution in [3.8, 4) is 66.8 Å². The Balaban J connectivity index is 0.000000152. The highest BCUT2D eigenvalue weighted by molar-refractivity contribution is 6.25. The van der Waals surface area contributed by atoms with E-state index in [0.717, 1.165) is 104 Å². The monoisotopic (exact) mass is 1130 g/mol. The van der Waals surface area contributed by atoms with Crippen LogP contribution in [0.4, 0.5) is 0 Å². The lowest BCUT2D eigenvalue weighted by molar-refractivity contribution is 1.66. The first kappa shape index (κ1) is 38.5. The fourth-order valence-corrected chi connectivity index (χ4v) is 13.4. The normalized spacial score (nSPS) is 13.9. The summed E-state index contributed by atoms with van der Waals surface area (Å²) < 4.78 is 122. The van der Waals surface area contributed by atoms with Crippen molar-refractivity contribution in [1.29, 1.82) is 0 Å². The maximum atomic E-state index is 9.19. The molecule has 0 saturated heterocycles. The molecular weight excluding hydrogens is 1060 g/mol.